The summed E-state index contributed by atoms with van der Waals surface area (Å²) in [5, 5.41) is 6.15. The van der Waals surface area contributed by atoms with E-state index < -0.39 is 18.0 Å². The normalized spacial score (nSPS) is 11.9. The fourth-order valence-corrected chi connectivity index (χ4v) is 2.03. The molecule has 0 radical (unpaired) electrons. The van der Waals surface area contributed by atoms with E-state index in [-0.39, 0.29) is 5.82 Å². The molecule has 3 aromatic rings. The number of aryl methyl sites for hydroxylation is 1. The van der Waals surface area contributed by atoms with Crippen molar-refractivity contribution in [3.05, 3.63) is 48.0 Å². The highest BCUT2D eigenvalue weighted by atomic mass is 16.5. The maximum absolute atomic E-state index is 12.2. The van der Waals surface area contributed by atoms with Gasteiger partial charge in [0.25, 0.3) is 5.91 Å². The van der Waals surface area contributed by atoms with Gasteiger partial charge in [0.1, 0.15) is 5.76 Å². The molecule has 0 aliphatic rings. The van der Waals surface area contributed by atoms with Gasteiger partial charge in [-0.2, -0.15) is 0 Å². The van der Waals surface area contributed by atoms with E-state index >= 15 is 0 Å². The largest absolute Gasteiger partial charge is 0.449 e. The summed E-state index contributed by atoms with van der Waals surface area (Å²) in [6.45, 7) is 3.18. The number of nitrogens with one attached hydrogen (secondary N) is 1. The molecule has 0 saturated carbocycles. The van der Waals surface area contributed by atoms with Gasteiger partial charge in [-0.15, -0.1) is 0 Å². The molecule has 0 aliphatic carbocycles. The number of anilines is 1. The Bertz CT molecular complexity index is 906. The number of ether oxygens (including phenoxy) is 1. The highest BCUT2D eigenvalue weighted by Crippen LogP contribution is 2.13. The van der Waals surface area contributed by atoms with Gasteiger partial charge in [0.2, 0.25) is 0 Å². The van der Waals surface area contributed by atoms with Crippen molar-refractivity contribution in [2.24, 2.45) is 0 Å². The summed E-state index contributed by atoms with van der Waals surface area (Å²) in [5.74, 6) is -0.299. The van der Waals surface area contributed by atoms with Crippen molar-refractivity contribution in [3.8, 4) is 0 Å². The molecule has 1 amide bonds. The molecule has 8 heteroatoms. The molecule has 1 aromatic carbocycles. The Morgan fingerprint density at radius 2 is 1.92 bits per heavy atom. The third-order valence-electron chi connectivity index (χ3n) is 3.24. The minimum Gasteiger partial charge on any atom is -0.449 e. The summed E-state index contributed by atoms with van der Waals surface area (Å²) in [5.41, 5.74) is 1.53. The third kappa shape index (κ3) is 3.37. The summed E-state index contributed by atoms with van der Waals surface area (Å²) in [6, 6.07) is 6.37. The number of carbonyl (C=O) groups is 2. The second kappa shape index (κ2) is 6.45. The van der Waals surface area contributed by atoms with Crippen molar-refractivity contribution < 1.29 is 18.8 Å². The smallest absolute Gasteiger partial charge is 0.338 e. The lowest BCUT2D eigenvalue weighted by Gasteiger charge is -2.12. The van der Waals surface area contributed by atoms with Gasteiger partial charge in [-0.1, -0.05) is 5.16 Å². The number of aromatic nitrogens is 3. The van der Waals surface area contributed by atoms with Gasteiger partial charge in [0.05, 0.1) is 16.6 Å². The number of hydrogen-bond acceptors (Lipinski definition) is 7. The lowest BCUT2D eigenvalue weighted by atomic mass is 10.2. The predicted octanol–water partition coefficient (Wildman–Crippen LogP) is 2.11. The quantitative estimate of drug-likeness (QED) is 0.732. The Morgan fingerprint density at radius 1 is 1.17 bits per heavy atom. The van der Waals surface area contributed by atoms with Crippen molar-refractivity contribution in [2.75, 3.05) is 5.32 Å². The van der Waals surface area contributed by atoms with E-state index in [1.165, 1.54) is 13.1 Å². The van der Waals surface area contributed by atoms with Crippen molar-refractivity contribution >= 4 is 28.7 Å². The molecule has 1 N–H and O–H groups in total. The average molecular weight is 326 g/mol. The Labute approximate surface area is 136 Å². The van der Waals surface area contributed by atoms with E-state index in [1.54, 1.807) is 37.4 Å². The number of rotatable bonds is 4. The molecule has 24 heavy (non-hydrogen) atoms. The van der Waals surface area contributed by atoms with Crippen LogP contribution in [0.25, 0.3) is 11.0 Å². The standard InChI is InChI=1S/C16H14N4O4/c1-9-7-14(20-24-9)19-15(21)10(2)23-16(22)11-3-4-12-13(8-11)18-6-5-17-12/h3-8,10H,1-2H3,(H,19,20,21)/t10-/m0/s1. The van der Waals surface area contributed by atoms with Crippen LogP contribution in [0, 0.1) is 6.92 Å². The van der Waals surface area contributed by atoms with Crippen LogP contribution in [0.2, 0.25) is 0 Å². The van der Waals surface area contributed by atoms with E-state index in [0.29, 0.717) is 22.4 Å². The molecule has 0 aliphatic heterocycles. The van der Waals surface area contributed by atoms with Crippen LogP contribution in [0.5, 0.6) is 0 Å². The van der Waals surface area contributed by atoms with Crippen LogP contribution in [0.1, 0.15) is 23.0 Å². The molecule has 3 rings (SSSR count). The van der Waals surface area contributed by atoms with Gasteiger partial charge < -0.3 is 14.6 Å². The third-order valence-corrected chi connectivity index (χ3v) is 3.24. The number of nitrogens with zero attached hydrogens (tertiary/aromatic N) is 3. The molecule has 0 unspecified atom stereocenters. The van der Waals surface area contributed by atoms with Gasteiger partial charge in [-0.25, -0.2) is 4.79 Å². The van der Waals surface area contributed by atoms with E-state index in [2.05, 4.69) is 20.4 Å². The maximum atomic E-state index is 12.2. The van der Waals surface area contributed by atoms with Gasteiger partial charge >= 0.3 is 5.97 Å². The first-order valence-corrected chi connectivity index (χ1v) is 7.19. The summed E-state index contributed by atoms with van der Waals surface area (Å²) in [6.07, 6.45) is 2.11. The number of fused-ring (bicyclic) bond motifs is 1. The Balaban J connectivity index is 1.67. The molecular formula is C16H14N4O4. The monoisotopic (exact) mass is 326 g/mol. The zero-order chi connectivity index (χ0) is 17.1. The number of esters is 1. The second-order valence-corrected chi connectivity index (χ2v) is 5.12. The van der Waals surface area contributed by atoms with E-state index in [0.717, 1.165) is 0 Å². The number of amides is 1. The van der Waals surface area contributed by atoms with Crippen molar-refractivity contribution in [2.45, 2.75) is 20.0 Å². The molecule has 0 saturated heterocycles. The maximum Gasteiger partial charge on any atom is 0.338 e. The van der Waals surface area contributed by atoms with Crippen molar-refractivity contribution in [3.63, 3.8) is 0 Å². The molecule has 8 nitrogen and oxygen atoms in total. The van der Waals surface area contributed by atoms with Crippen LogP contribution in [0.15, 0.2) is 41.2 Å². The van der Waals surface area contributed by atoms with Gasteiger partial charge in [0, 0.05) is 18.5 Å². The minimum absolute atomic E-state index is 0.265. The fraction of sp³-hybridized carbons (Fsp3) is 0.188. The van der Waals surface area contributed by atoms with Crippen LogP contribution in [0.3, 0.4) is 0 Å². The zero-order valence-electron chi connectivity index (χ0n) is 13.0. The Hall–Kier alpha value is -3.29. The first kappa shape index (κ1) is 15.6. The number of hydrogen-bond donors (Lipinski definition) is 1. The predicted molar refractivity (Wildman–Crippen MR) is 84.3 cm³/mol. The average Bonchev–Trinajstić information content (AvgIpc) is 2.99. The highest BCUT2D eigenvalue weighted by Gasteiger charge is 2.20. The molecule has 2 heterocycles. The molecule has 2 aromatic heterocycles. The second-order valence-electron chi connectivity index (χ2n) is 5.12. The van der Waals surface area contributed by atoms with Crippen LogP contribution < -0.4 is 5.32 Å². The van der Waals surface area contributed by atoms with Crippen LogP contribution in [-0.4, -0.2) is 33.1 Å². The first-order chi connectivity index (χ1) is 11.5. The number of carbonyl (C=O) groups excluding carboxylic acids is 2. The van der Waals surface area contributed by atoms with Crippen LogP contribution in [0.4, 0.5) is 5.82 Å². The van der Waals surface area contributed by atoms with E-state index in [9.17, 15) is 9.59 Å². The molecule has 0 bridgehead atoms. The molecule has 122 valence electrons. The first-order valence-electron chi connectivity index (χ1n) is 7.19. The Kier molecular flexibility index (Phi) is 4.19. The van der Waals surface area contributed by atoms with Crippen molar-refractivity contribution in [1.29, 1.82) is 0 Å². The van der Waals surface area contributed by atoms with Crippen LogP contribution in [-0.2, 0) is 9.53 Å². The van der Waals surface area contributed by atoms with Crippen molar-refractivity contribution in [1.82, 2.24) is 15.1 Å². The summed E-state index contributed by atoms with van der Waals surface area (Å²) < 4.78 is 10.0. The topological polar surface area (TPSA) is 107 Å². The SMILES string of the molecule is Cc1cc(NC(=O)[C@H](C)OC(=O)c2ccc3nccnc3c2)no1. The molecular weight excluding hydrogens is 312 g/mol. The summed E-state index contributed by atoms with van der Waals surface area (Å²) in [4.78, 5) is 32.4. The van der Waals surface area contributed by atoms with Gasteiger partial charge in [-0.05, 0) is 32.0 Å². The zero-order valence-corrected chi connectivity index (χ0v) is 13.0. The molecule has 0 spiro atoms. The lowest BCUT2D eigenvalue weighted by molar-refractivity contribution is -0.123. The fourth-order valence-electron chi connectivity index (χ4n) is 2.03. The minimum atomic E-state index is -0.993. The molecule has 0 fully saturated rings. The van der Waals surface area contributed by atoms with Gasteiger partial charge in [-0.3, -0.25) is 14.8 Å². The molecule has 1 atom stereocenters. The summed E-state index contributed by atoms with van der Waals surface area (Å²) >= 11 is 0. The lowest BCUT2D eigenvalue weighted by Crippen LogP contribution is -2.30. The van der Waals surface area contributed by atoms with E-state index in [4.69, 9.17) is 9.26 Å². The Morgan fingerprint density at radius 3 is 2.62 bits per heavy atom. The van der Waals surface area contributed by atoms with E-state index in [1.807, 2.05) is 0 Å². The van der Waals surface area contributed by atoms with Crippen LogP contribution >= 0.6 is 0 Å². The summed E-state index contributed by atoms with van der Waals surface area (Å²) in [7, 11) is 0. The van der Waals surface area contributed by atoms with Gasteiger partial charge in [0.15, 0.2) is 11.9 Å². The highest BCUT2D eigenvalue weighted by molar-refractivity contribution is 5.98. The number of benzene rings is 1.